The quantitative estimate of drug-likeness (QED) is 0.849. The lowest BCUT2D eigenvalue weighted by molar-refractivity contribution is -0.145. The zero-order chi connectivity index (χ0) is 17.7. The average Bonchev–Trinajstić information content (AvgIpc) is 3.16. The van der Waals surface area contributed by atoms with Crippen LogP contribution in [0.15, 0.2) is 24.3 Å². The Balaban J connectivity index is 1.43. The lowest BCUT2D eigenvalue weighted by atomic mass is 9.79. The number of carbonyl (C=O) groups is 3. The third kappa shape index (κ3) is 2.69. The van der Waals surface area contributed by atoms with Crippen LogP contribution in [0.4, 0.5) is 5.69 Å². The molecule has 1 heterocycles. The molecule has 25 heavy (non-hydrogen) atoms. The van der Waals surface area contributed by atoms with E-state index in [1.807, 2.05) is 0 Å². The minimum absolute atomic E-state index is 0.0257. The number of carbonyl (C=O) groups excluding carboxylic acids is 3. The summed E-state index contributed by atoms with van der Waals surface area (Å²) in [5.41, 5.74) is 1.05. The van der Waals surface area contributed by atoms with Crippen molar-refractivity contribution in [2.24, 2.45) is 23.7 Å². The summed E-state index contributed by atoms with van der Waals surface area (Å²) in [5.74, 6) is -0.894. The van der Waals surface area contributed by atoms with Gasteiger partial charge in [0.25, 0.3) is 0 Å². The SMILES string of the molecule is CC(C)OC(=O)c1ccc(NC(=O)[C@@H]2[C@@H]3C[C@@H]4[C@@H]2C(=O)O[C@@H]4C3)cc1. The van der Waals surface area contributed by atoms with Crippen LogP contribution in [0.1, 0.15) is 37.0 Å². The van der Waals surface area contributed by atoms with E-state index in [1.54, 1.807) is 38.1 Å². The Labute approximate surface area is 145 Å². The highest BCUT2D eigenvalue weighted by Crippen LogP contribution is 2.57. The molecule has 1 N–H and O–H groups in total. The van der Waals surface area contributed by atoms with Gasteiger partial charge in [-0.25, -0.2) is 4.79 Å². The normalized spacial score (nSPS) is 32.0. The fourth-order valence-corrected chi connectivity index (χ4v) is 4.56. The first kappa shape index (κ1) is 16.1. The van der Waals surface area contributed by atoms with E-state index in [1.165, 1.54) is 0 Å². The number of esters is 2. The standard InChI is InChI=1S/C19H21NO5/c1-9(2)24-18(22)10-3-5-12(6-4-10)20-17(21)15-11-7-13-14(8-11)25-19(23)16(13)15/h3-6,9,11,13-16H,7-8H2,1-2H3,(H,20,21)/t11-,13+,14-,15-,16+/m1/s1. The maximum absolute atomic E-state index is 12.7. The van der Waals surface area contributed by atoms with E-state index in [4.69, 9.17) is 9.47 Å². The number of hydrogen-bond acceptors (Lipinski definition) is 5. The van der Waals surface area contributed by atoms with Gasteiger partial charge in [-0.15, -0.1) is 0 Å². The second-order valence-corrected chi connectivity index (χ2v) is 7.44. The van der Waals surface area contributed by atoms with Gasteiger partial charge >= 0.3 is 11.9 Å². The van der Waals surface area contributed by atoms with Crippen molar-refractivity contribution in [2.75, 3.05) is 5.32 Å². The van der Waals surface area contributed by atoms with Crippen molar-refractivity contribution >= 4 is 23.5 Å². The number of ether oxygens (including phenoxy) is 2. The molecular formula is C19H21NO5. The predicted molar refractivity (Wildman–Crippen MR) is 88.7 cm³/mol. The number of amides is 1. The molecule has 3 aliphatic rings. The summed E-state index contributed by atoms with van der Waals surface area (Å²) in [6.07, 6.45) is 1.54. The van der Waals surface area contributed by atoms with Gasteiger partial charge in [-0.05, 0) is 56.9 Å². The highest BCUT2D eigenvalue weighted by molar-refractivity contribution is 5.97. The molecule has 2 saturated carbocycles. The molecule has 1 saturated heterocycles. The van der Waals surface area contributed by atoms with Gasteiger partial charge in [0.1, 0.15) is 6.10 Å². The molecule has 1 aromatic rings. The van der Waals surface area contributed by atoms with E-state index >= 15 is 0 Å². The molecule has 3 fully saturated rings. The second kappa shape index (κ2) is 5.86. The van der Waals surface area contributed by atoms with E-state index in [0.717, 1.165) is 12.8 Å². The molecule has 132 valence electrons. The van der Waals surface area contributed by atoms with Gasteiger partial charge in [0.2, 0.25) is 5.91 Å². The number of rotatable bonds is 4. The monoisotopic (exact) mass is 343 g/mol. The summed E-state index contributed by atoms with van der Waals surface area (Å²) >= 11 is 0. The molecule has 5 atom stereocenters. The van der Waals surface area contributed by atoms with Crippen molar-refractivity contribution in [2.45, 2.75) is 38.9 Å². The average molecular weight is 343 g/mol. The molecule has 0 spiro atoms. The molecule has 0 aromatic heterocycles. The first-order valence-electron chi connectivity index (χ1n) is 8.76. The molecule has 0 unspecified atom stereocenters. The molecule has 4 rings (SSSR count). The van der Waals surface area contributed by atoms with Crippen molar-refractivity contribution in [1.29, 1.82) is 0 Å². The minimum Gasteiger partial charge on any atom is -0.462 e. The van der Waals surface area contributed by atoms with Crippen LogP contribution < -0.4 is 5.32 Å². The summed E-state index contributed by atoms with van der Waals surface area (Å²) in [5, 5.41) is 2.88. The summed E-state index contributed by atoms with van der Waals surface area (Å²) < 4.78 is 10.5. The second-order valence-electron chi connectivity index (χ2n) is 7.44. The van der Waals surface area contributed by atoms with Crippen molar-refractivity contribution in [3.05, 3.63) is 29.8 Å². The number of nitrogens with one attached hydrogen (secondary N) is 1. The molecule has 6 nitrogen and oxygen atoms in total. The van der Waals surface area contributed by atoms with Crippen LogP contribution in [0.5, 0.6) is 0 Å². The Hall–Kier alpha value is -2.37. The Kier molecular flexibility index (Phi) is 3.78. The zero-order valence-electron chi connectivity index (χ0n) is 14.2. The van der Waals surface area contributed by atoms with Gasteiger partial charge in [-0.1, -0.05) is 0 Å². The molecule has 2 aliphatic carbocycles. The van der Waals surface area contributed by atoms with Crippen molar-refractivity contribution < 1.29 is 23.9 Å². The summed E-state index contributed by atoms with van der Waals surface area (Å²) in [6, 6.07) is 6.61. The Morgan fingerprint density at radius 3 is 2.60 bits per heavy atom. The molecule has 2 bridgehead atoms. The van der Waals surface area contributed by atoms with Gasteiger partial charge in [0.05, 0.1) is 23.5 Å². The predicted octanol–water partition coefficient (Wildman–Crippen LogP) is 2.39. The third-order valence-electron chi connectivity index (χ3n) is 5.52. The van der Waals surface area contributed by atoms with Crippen LogP contribution in [-0.2, 0) is 19.1 Å². The van der Waals surface area contributed by atoms with Crippen LogP contribution in [0, 0.1) is 23.7 Å². The van der Waals surface area contributed by atoms with Gasteiger partial charge in [-0.3, -0.25) is 9.59 Å². The minimum atomic E-state index is -0.388. The van der Waals surface area contributed by atoms with Crippen LogP contribution in [-0.4, -0.2) is 30.1 Å². The largest absolute Gasteiger partial charge is 0.462 e. The molecule has 6 heteroatoms. The summed E-state index contributed by atoms with van der Waals surface area (Å²) in [6.45, 7) is 3.58. The highest BCUT2D eigenvalue weighted by Gasteiger charge is 2.63. The van der Waals surface area contributed by atoms with E-state index in [2.05, 4.69) is 5.32 Å². The number of benzene rings is 1. The first-order valence-corrected chi connectivity index (χ1v) is 8.76. The lowest BCUT2D eigenvalue weighted by Crippen LogP contribution is -2.35. The van der Waals surface area contributed by atoms with E-state index in [0.29, 0.717) is 11.3 Å². The fraction of sp³-hybridized carbons (Fsp3) is 0.526. The number of fused-ring (bicyclic) bond motifs is 1. The topological polar surface area (TPSA) is 81.7 Å². The van der Waals surface area contributed by atoms with E-state index in [9.17, 15) is 14.4 Å². The van der Waals surface area contributed by atoms with E-state index < -0.39 is 0 Å². The summed E-state index contributed by atoms with van der Waals surface area (Å²) in [7, 11) is 0. The number of hydrogen-bond donors (Lipinski definition) is 1. The van der Waals surface area contributed by atoms with Crippen molar-refractivity contribution in [3.8, 4) is 0 Å². The molecular weight excluding hydrogens is 322 g/mol. The Morgan fingerprint density at radius 2 is 1.92 bits per heavy atom. The summed E-state index contributed by atoms with van der Waals surface area (Å²) in [4.78, 5) is 36.6. The molecule has 1 amide bonds. The van der Waals surface area contributed by atoms with Crippen LogP contribution >= 0.6 is 0 Å². The van der Waals surface area contributed by atoms with Crippen molar-refractivity contribution in [3.63, 3.8) is 0 Å². The van der Waals surface area contributed by atoms with Crippen LogP contribution in [0.3, 0.4) is 0 Å². The molecule has 0 radical (unpaired) electrons. The lowest BCUT2D eigenvalue weighted by Gasteiger charge is -2.23. The Morgan fingerprint density at radius 1 is 1.20 bits per heavy atom. The van der Waals surface area contributed by atoms with Gasteiger partial charge in [0, 0.05) is 11.6 Å². The van der Waals surface area contributed by atoms with Gasteiger partial charge in [-0.2, -0.15) is 0 Å². The fourth-order valence-electron chi connectivity index (χ4n) is 4.56. The molecule has 1 aromatic carbocycles. The molecule has 1 aliphatic heterocycles. The van der Waals surface area contributed by atoms with Crippen molar-refractivity contribution in [1.82, 2.24) is 0 Å². The maximum atomic E-state index is 12.7. The van der Waals surface area contributed by atoms with Crippen LogP contribution in [0.2, 0.25) is 0 Å². The van der Waals surface area contributed by atoms with E-state index in [-0.39, 0.29) is 53.7 Å². The van der Waals surface area contributed by atoms with Gasteiger partial charge < -0.3 is 14.8 Å². The first-order chi connectivity index (χ1) is 11.9. The zero-order valence-corrected chi connectivity index (χ0v) is 14.2. The number of anilines is 1. The highest BCUT2D eigenvalue weighted by atomic mass is 16.6. The van der Waals surface area contributed by atoms with Gasteiger partial charge in [0.15, 0.2) is 0 Å². The maximum Gasteiger partial charge on any atom is 0.338 e. The van der Waals surface area contributed by atoms with Crippen LogP contribution in [0.25, 0.3) is 0 Å². The Bertz CT molecular complexity index is 724. The smallest absolute Gasteiger partial charge is 0.338 e. The third-order valence-corrected chi connectivity index (χ3v) is 5.52.